The number of rotatable bonds is 4. The van der Waals surface area contributed by atoms with Crippen molar-refractivity contribution >= 4 is 5.91 Å². The van der Waals surface area contributed by atoms with E-state index in [0.29, 0.717) is 11.3 Å². The van der Waals surface area contributed by atoms with E-state index in [1.54, 1.807) is 13.8 Å². The van der Waals surface area contributed by atoms with Gasteiger partial charge < -0.3 is 11.1 Å². The fraction of sp³-hybridized carbons (Fsp3) is 0.571. The molecule has 0 atom stereocenters. The summed E-state index contributed by atoms with van der Waals surface area (Å²) in [6, 6.07) is 0. The predicted molar refractivity (Wildman–Crippen MR) is 46.2 cm³/mol. The highest BCUT2D eigenvalue weighted by atomic mass is 16.3. The van der Waals surface area contributed by atoms with Crippen LogP contribution < -0.4 is 11.1 Å². The Bertz CT molecular complexity index is 207. The van der Waals surface area contributed by atoms with Crippen LogP contribution in [-0.2, 0) is 4.79 Å². The standard InChI is InChI=1S/C7H13N3O2/c1-5(6(2)8)7(11)9-3-4-10-12/h3-4,8H2,1-2H3,(H,9,11)/b6-5-. The Morgan fingerprint density at radius 1 is 1.50 bits per heavy atom. The first-order valence-corrected chi connectivity index (χ1v) is 3.60. The van der Waals surface area contributed by atoms with E-state index in [4.69, 9.17) is 5.73 Å². The van der Waals surface area contributed by atoms with Crippen LogP contribution in [0.5, 0.6) is 0 Å². The van der Waals surface area contributed by atoms with Crippen molar-refractivity contribution in [3.63, 3.8) is 0 Å². The lowest BCUT2D eigenvalue weighted by Gasteiger charge is -2.03. The lowest BCUT2D eigenvalue weighted by molar-refractivity contribution is -0.117. The number of amides is 1. The minimum absolute atomic E-state index is 0.0860. The normalized spacial score (nSPS) is 11.8. The van der Waals surface area contributed by atoms with E-state index >= 15 is 0 Å². The number of nitrogens with one attached hydrogen (secondary N) is 1. The second-order valence-electron chi connectivity index (χ2n) is 2.42. The Kier molecular flexibility index (Phi) is 4.67. The third-order valence-corrected chi connectivity index (χ3v) is 1.42. The van der Waals surface area contributed by atoms with Crippen molar-refractivity contribution < 1.29 is 4.79 Å². The summed E-state index contributed by atoms with van der Waals surface area (Å²) in [6.07, 6.45) is 0. The lowest BCUT2D eigenvalue weighted by atomic mass is 10.2. The highest BCUT2D eigenvalue weighted by molar-refractivity contribution is 5.93. The number of carbonyl (C=O) groups excluding carboxylic acids is 1. The minimum atomic E-state index is -0.251. The number of nitrogens with zero attached hydrogens (tertiary/aromatic N) is 1. The summed E-state index contributed by atoms with van der Waals surface area (Å²) in [6.45, 7) is 3.61. The van der Waals surface area contributed by atoms with E-state index < -0.39 is 0 Å². The fourth-order valence-corrected chi connectivity index (χ4v) is 0.527. The van der Waals surface area contributed by atoms with Crippen molar-refractivity contribution in [3.8, 4) is 0 Å². The second-order valence-corrected chi connectivity index (χ2v) is 2.42. The van der Waals surface area contributed by atoms with Gasteiger partial charge in [0.15, 0.2) is 0 Å². The maximum Gasteiger partial charge on any atom is 0.248 e. The summed E-state index contributed by atoms with van der Waals surface area (Å²) in [5.41, 5.74) is 6.33. The van der Waals surface area contributed by atoms with Crippen molar-refractivity contribution in [1.29, 1.82) is 0 Å². The van der Waals surface area contributed by atoms with E-state index in [1.165, 1.54) is 0 Å². The summed E-state index contributed by atoms with van der Waals surface area (Å²) >= 11 is 0. The monoisotopic (exact) mass is 171 g/mol. The van der Waals surface area contributed by atoms with Gasteiger partial charge in [0.25, 0.3) is 0 Å². The molecule has 0 bridgehead atoms. The molecule has 0 aliphatic carbocycles. The highest BCUT2D eigenvalue weighted by Gasteiger charge is 2.04. The van der Waals surface area contributed by atoms with Gasteiger partial charge in [-0.2, -0.15) is 4.91 Å². The molecule has 68 valence electrons. The number of hydrogen-bond donors (Lipinski definition) is 2. The van der Waals surface area contributed by atoms with E-state index in [0.717, 1.165) is 0 Å². The smallest absolute Gasteiger partial charge is 0.248 e. The average molecular weight is 171 g/mol. The first-order chi connectivity index (χ1) is 5.59. The number of allylic oxidation sites excluding steroid dienone is 1. The maximum absolute atomic E-state index is 11.1. The van der Waals surface area contributed by atoms with Crippen molar-refractivity contribution in [2.24, 2.45) is 10.9 Å². The van der Waals surface area contributed by atoms with Gasteiger partial charge in [-0.1, -0.05) is 5.18 Å². The van der Waals surface area contributed by atoms with Gasteiger partial charge in [-0.3, -0.25) is 4.79 Å². The molecule has 5 heteroatoms. The third-order valence-electron chi connectivity index (χ3n) is 1.42. The molecule has 0 aromatic rings. The van der Waals surface area contributed by atoms with Gasteiger partial charge in [-0.05, 0) is 13.8 Å². The van der Waals surface area contributed by atoms with Gasteiger partial charge in [0, 0.05) is 17.8 Å². The largest absolute Gasteiger partial charge is 0.402 e. The molecule has 3 N–H and O–H groups in total. The Balaban J connectivity index is 3.89. The van der Waals surface area contributed by atoms with E-state index in [9.17, 15) is 9.70 Å². The zero-order valence-electron chi connectivity index (χ0n) is 7.26. The summed E-state index contributed by atoms with van der Waals surface area (Å²) < 4.78 is 0. The molecule has 0 unspecified atom stereocenters. The summed E-state index contributed by atoms with van der Waals surface area (Å²) in [4.78, 5) is 20.7. The number of hydrogen-bond acceptors (Lipinski definition) is 4. The average Bonchev–Trinajstić information content (AvgIpc) is 2.03. The molecule has 0 aromatic heterocycles. The van der Waals surface area contributed by atoms with E-state index in [-0.39, 0.29) is 19.0 Å². The van der Waals surface area contributed by atoms with Crippen LogP contribution in [0.25, 0.3) is 0 Å². The van der Waals surface area contributed by atoms with Gasteiger partial charge in [-0.15, -0.1) is 0 Å². The van der Waals surface area contributed by atoms with Gasteiger partial charge in [0.05, 0.1) is 6.54 Å². The van der Waals surface area contributed by atoms with E-state index in [2.05, 4.69) is 10.5 Å². The SMILES string of the molecule is C/C(N)=C(\C)C(=O)NCCN=O. The minimum Gasteiger partial charge on any atom is -0.402 e. The molecule has 0 radical (unpaired) electrons. The molecule has 0 spiro atoms. The molecule has 0 saturated carbocycles. The molecule has 0 saturated heterocycles. The predicted octanol–water partition coefficient (Wildman–Crippen LogP) is 0.122. The molecular weight excluding hydrogens is 158 g/mol. The maximum atomic E-state index is 11.1. The van der Waals surface area contributed by atoms with Gasteiger partial charge >= 0.3 is 0 Å². The van der Waals surface area contributed by atoms with Crippen LogP contribution >= 0.6 is 0 Å². The van der Waals surface area contributed by atoms with Crippen molar-refractivity contribution in [2.75, 3.05) is 13.1 Å². The Morgan fingerprint density at radius 3 is 2.50 bits per heavy atom. The molecule has 1 amide bonds. The number of nitrogens with two attached hydrogens (primary N) is 1. The van der Waals surface area contributed by atoms with Crippen LogP contribution in [0.4, 0.5) is 0 Å². The lowest BCUT2D eigenvalue weighted by Crippen LogP contribution is -2.27. The van der Waals surface area contributed by atoms with Crippen LogP contribution in [0.1, 0.15) is 13.8 Å². The summed E-state index contributed by atoms with van der Waals surface area (Å²) in [7, 11) is 0. The molecule has 0 aliphatic heterocycles. The third kappa shape index (κ3) is 3.70. The Morgan fingerprint density at radius 2 is 2.08 bits per heavy atom. The van der Waals surface area contributed by atoms with Crippen molar-refractivity contribution in [2.45, 2.75) is 13.8 Å². The van der Waals surface area contributed by atoms with Crippen molar-refractivity contribution in [1.82, 2.24) is 5.32 Å². The first kappa shape index (κ1) is 10.6. The van der Waals surface area contributed by atoms with Crippen LogP contribution in [0, 0.1) is 4.91 Å². The first-order valence-electron chi connectivity index (χ1n) is 3.60. The van der Waals surface area contributed by atoms with Crippen LogP contribution in [0.15, 0.2) is 16.4 Å². The molecule has 0 aliphatic rings. The second kappa shape index (κ2) is 5.29. The summed E-state index contributed by atoms with van der Waals surface area (Å²) in [5, 5.41) is 5.09. The molecule has 0 rings (SSSR count). The molecule has 0 aromatic carbocycles. The van der Waals surface area contributed by atoms with Gasteiger partial charge in [0.2, 0.25) is 5.91 Å². The molecule has 0 heterocycles. The van der Waals surface area contributed by atoms with Crippen LogP contribution in [0.2, 0.25) is 0 Å². The summed E-state index contributed by atoms with van der Waals surface area (Å²) in [5.74, 6) is -0.251. The number of nitroso groups, excluding NO2 is 1. The number of carbonyl (C=O) groups is 1. The fourth-order valence-electron chi connectivity index (χ4n) is 0.527. The quantitative estimate of drug-likeness (QED) is 0.358. The Hall–Kier alpha value is -1.39. The zero-order valence-corrected chi connectivity index (χ0v) is 7.26. The van der Waals surface area contributed by atoms with Crippen molar-refractivity contribution in [3.05, 3.63) is 16.2 Å². The topological polar surface area (TPSA) is 84.6 Å². The zero-order chi connectivity index (χ0) is 9.56. The Labute approximate surface area is 71.0 Å². The molecular formula is C7H13N3O2. The highest BCUT2D eigenvalue weighted by Crippen LogP contribution is 1.95. The van der Waals surface area contributed by atoms with Crippen LogP contribution in [-0.4, -0.2) is 19.0 Å². The van der Waals surface area contributed by atoms with Gasteiger partial charge in [0.1, 0.15) is 0 Å². The molecule has 12 heavy (non-hydrogen) atoms. The van der Waals surface area contributed by atoms with E-state index in [1.807, 2.05) is 0 Å². The van der Waals surface area contributed by atoms with Crippen LogP contribution in [0.3, 0.4) is 0 Å². The van der Waals surface area contributed by atoms with Gasteiger partial charge in [-0.25, -0.2) is 0 Å². The molecule has 0 fully saturated rings. The molecule has 5 nitrogen and oxygen atoms in total.